The van der Waals surface area contributed by atoms with E-state index in [1.807, 2.05) is 18.7 Å². The summed E-state index contributed by atoms with van der Waals surface area (Å²) in [4.78, 5) is 27.9. The Labute approximate surface area is 141 Å². The fourth-order valence-corrected chi connectivity index (χ4v) is 2.66. The molecule has 2 amide bonds. The lowest BCUT2D eigenvalue weighted by Crippen LogP contribution is -2.51. The molecule has 7 heteroatoms. The van der Waals surface area contributed by atoms with Crippen LogP contribution in [0, 0.1) is 5.82 Å². The predicted molar refractivity (Wildman–Crippen MR) is 88.6 cm³/mol. The lowest BCUT2D eigenvalue weighted by atomic mass is 10.1. The van der Waals surface area contributed by atoms with Gasteiger partial charge in [-0.15, -0.1) is 0 Å². The van der Waals surface area contributed by atoms with Gasteiger partial charge in [-0.25, -0.2) is 4.39 Å². The van der Waals surface area contributed by atoms with Crippen LogP contribution in [0.3, 0.4) is 0 Å². The number of amides is 2. The number of rotatable bonds is 5. The molecule has 1 N–H and O–H groups in total. The van der Waals surface area contributed by atoms with Gasteiger partial charge in [-0.05, 0) is 32.0 Å². The summed E-state index contributed by atoms with van der Waals surface area (Å²) in [7, 11) is 1.38. The van der Waals surface area contributed by atoms with Crippen LogP contribution in [0.5, 0.6) is 5.75 Å². The van der Waals surface area contributed by atoms with E-state index >= 15 is 0 Å². The Morgan fingerprint density at radius 2 is 1.92 bits per heavy atom. The minimum absolute atomic E-state index is 0.0120. The predicted octanol–water partition coefficient (Wildman–Crippen LogP) is 1.12. The van der Waals surface area contributed by atoms with Crippen molar-refractivity contribution < 1.29 is 18.7 Å². The number of nitrogens with zero attached hydrogens (tertiary/aromatic N) is 2. The summed E-state index contributed by atoms with van der Waals surface area (Å²) < 4.78 is 18.6. The van der Waals surface area contributed by atoms with Crippen molar-refractivity contribution in [3.05, 3.63) is 29.6 Å². The van der Waals surface area contributed by atoms with Gasteiger partial charge in [-0.1, -0.05) is 0 Å². The van der Waals surface area contributed by atoms with Gasteiger partial charge in [0, 0.05) is 37.8 Å². The third-order valence-electron chi connectivity index (χ3n) is 3.88. The normalized spacial score (nSPS) is 15.5. The summed E-state index contributed by atoms with van der Waals surface area (Å²) in [6, 6.07) is 4.33. The Balaban J connectivity index is 1.88. The largest absolute Gasteiger partial charge is 0.494 e. The van der Waals surface area contributed by atoms with E-state index in [1.165, 1.54) is 19.2 Å². The summed E-state index contributed by atoms with van der Waals surface area (Å²) in [5.74, 6) is -0.648. The quantitative estimate of drug-likeness (QED) is 0.875. The zero-order valence-corrected chi connectivity index (χ0v) is 14.3. The van der Waals surface area contributed by atoms with E-state index in [9.17, 15) is 14.0 Å². The van der Waals surface area contributed by atoms with Crippen molar-refractivity contribution in [2.24, 2.45) is 0 Å². The second-order valence-corrected chi connectivity index (χ2v) is 6.14. The second-order valence-electron chi connectivity index (χ2n) is 6.14. The molecule has 1 aromatic rings. The average molecular weight is 337 g/mol. The number of nitrogens with one attached hydrogen (secondary N) is 1. The summed E-state index contributed by atoms with van der Waals surface area (Å²) in [6.07, 6.45) is 0. The smallest absolute Gasteiger partial charge is 0.254 e. The molecule has 1 aliphatic rings. The number of hydrogen-bond acceptors (Lipinski definition) is 4. The number of hydrogen-bond donors (Lipinski definition) is 1. The number of ether oxygens (including phenoxy) is 1. The van der Waals surface area contributed by atoms with Crippen molar-refractivity contribution in [3.63, 3.8) is 0 Å². The van der Waals surface area contributed by atoms with Gasteiger partial charge in [0.15, 0.2) is 11.6 Å². The van der Waals surface area contributed by atoms with Crippen molar-refractivity contribution in [1.82, 2.24) is 15.1 Å². The fraction of sp³-hybridized carbons (Fsp3) is 0.529. The van der Waals surface area contributed by atoms with E-state index in [1.54, 1.807) is 11.0 Å². The molecule has 0 spiro atoms. The van der Waals surface area contributed by atoms with Crippen molar-refractivity contribution in [3.8, 4) is 5.75 Å². The summed E-state index contributed by atoms with van der Waals surface area (Å²) in [5.41, 5.74) is 0.305. The van der Waals surface area contributed by atoms with Gasteiger partial charge < -0.3 is 15.0 Å². The van der Waals surface area contributed by atoms with Crippen molar-refractivity contribution >= 4 is 11.8 Å². The first kappa shape index (κ1) is 18.2. The van der Waals surface area contributed by atoms with E-state index in [0.29, 0.717) is 38.3 Å². The van der Waals surface area contributed by atoms with Gasteiger partial charge in [0.1, 0.15) is 0 Å². The minimum Gasteiger partial charge on any atom is -0.494 e. The summed E-state index contributed by atoms with van der Waals surface area (Å²) >= 11 is 0. The van der Waals surface area contributed by atoms with Crippen LogP contribution in [-0.4, -0.2) is 67.5 Å². The molecule has 1 fully saturated rings. The molecule has 0 bridgehead atoms. The van der Waals surface area contributed by atoms with Crippen molar-refractivity contribution in [2.45, 2.75) is 19.9 Å². The van der Waals surface area contributed by atoms with Gasteiger partial charge in [0.05, 0.1) is 13.7 Å². The highest BCUT2D eigenvalue weighted by Gasteiger charge is 2.24. The van der Waals surface area contributed by atoms with Gasteiger partial charge in [-0.2, -0.15) is 0 Å². The molecule has 1 aliphatic heterocycles. The molecule has 24 heavy (non-hydrogen) atoms. The highest BCUT2D eigenvalue weighted by atomic mass is 19.1. The monoisotopic (exact) mass is 337 g/mol. The Hall–Kier alpha value is -2.15. The highest BCUT2D eigenvalue weighted by molar-refractivity contribution is 5.94. The molecule has 0 saturated carbocycles. The molecule has 0 aromatic heterocycles. The molecule has 1 saturated heterocycles. The lowest BCUT2D eigenvalue weighted by molar-refractivity contribution is -0.123. The maximum absolute atomic E-state index is 13.7. The molecule has 0 radical (unpaired) electrons. The first-order valence-electron chi connectivity index (χ1n) is 8.05. The van der Waals surface area contributed by atoms with Crippen LogP contribution in [-0.2, 0) is 4.79 Å². The van der Waals surface area contributed by atoms with Gasteiger partial charge in [0.2, 0.25) is 5.91 Å². The molecule has 6 nitrogen and oxygen atoms in total. The number of methoxy groups -OCH3 is 1. The molecule has 132 valence electrons. The number of carbonyl (C=O) groups excluding carboxylic acids is 2. The van der Waals surface area contributed by atoms with Crippen LogP contribution >= 0.6 is 0 Å². The van der Waals surface area contributed by atoms with E-state index in [0.717, 1.165) is 0 Å². The topological polar surface area (TPSA) is 61.9 Å². The molecule has 0 aliphatic carbocycles. The molecule has 1 aromatic carbocycles. The second kappa shape index (κ2) is 8.10. The average Bonchev–Trinajstić information content (AvgIpc) is 2.54. The van der Waals surface area contributed by atoms with Crippen molar-refractivity contribution in [2.75, 3.05) is 39.8 Å². The Morgan fingerprint density at radius 1 is 1.25 bits per heavy atom. The third-order valence-corrected chi connectivity index (χ3v) is 3.88. The van der Waals surface area contributed by atoms with Crippen LogP contribution < -0.4 is 10.1 Å². The maximum Gasteiger partial charge on any atom is 0.254 e. The maximum atomic E-state index is 13.7. The SMILES string of the molecule is COc1ccc(C(=O)N2CCN(CC(=O)NC(C)C)CC2)cc1F. The summed E-state index contributed by atoms with van der Waals surface area (Å²) in [6.45, 7) is 6.44. The third kappa shape index (κ3) is 4.67. The van der Waals surface area contributed by atoms with Crippen LogP contribution in [0.25, 0.3) is 0 Å². The van der Waals surface area contributed by atoms with Gasteiger partial charge >= 0.3 is 0 Å². The van der Waals surface area contributed by atoms with Crippen LogP contribution in [0.1, 0.15) is 24.2 Å². The lowest BCUT2D eigenvalue weighted by Gasteiger charge is -2.34. The van der Waals surface area contributed by atoms with E-state index in [-0.39, 0.29) is 23.6 Å². The number of halogens is 1. The minimum atomic E-state index is -0.549. The van der Waals surface area contributed by atoms with Crippen LogP contribution in [0.4, 0.5) is 4.39 Å². The number of piperazine rings is 1. The zero-order chi connectivity index (χ0) is 17.7. The van der Waals surface area contributed by atoms with Crippen LogP contribution in [0.15, 0.2) is 18.2 Å². The number of carbonyl (C=O) groups is 2. The highest BCUT2D eigenvalue weighted by Crippen LogP contribution is 2.19. The van der Waals surface area contributed by atoms with E-state index in [2.05, 4.69) is 5.32 Å². The first-order valence-corrected chi connectivity index (χ1v) is 8.05. The van der Waals surface area contributed by atoms with Crippen molar-refractivity contribution in [1.29, 1.82) is 0 Å². The molecule has 0 atom stereocenters. The molecule has 2 rings (SSSR count). The Bertz CT molecular complexity index is 599. The Kier molecular flexibility index (Phi) is 6.14. The van der Waals surface area contributed by atoms with E-state index in [4.69, 9.17) is 4.74 Å². The van der Waals surface area contributed by atoms with Gasteiger partial charge in [0.25, 0.3) is 5.91 Å². The summed E-state index contributed by atoms with van der Waals surface area (Å²) in [5, 5.41) is 2.85. The standard InChI is InChI=1S/C17H24FN3O3/c1-12(2)19-16(22)11-20-6-8-21(9-7-20)17(23)13-4-5-15(24-3)14(18)10-13/h4-5,10,12H,6-9,11H2,1-3H3,(H,19,22). The first-order chi connectivity index (χ1) is 11.4. The number of benzene rings is 1. The molecular formula is C17H24FN3O3. The zero-order valence-electron chi connectivity index (χ0n) is 14.3. The van der Waals surface area contributed by atoms with Crippen LogP contribution in [0.2, 0.25) is 0 Å². The van der Waals surface area contributed by atoms with E-state index < -0.39 is 5.82 Å². The van der Waals surface area contributed by atoms with Gasteiger partial charge in [-0.3, -0.25) is 14.5 Å². The molecular weight excluding hydrogens is 313 g/mol. The molecule has 0 unspecified atom stereocenters. The fourth-order valence-electron chi connectivity index (χ4n) is 2.66. The Morgan fingerprint density at radius 3 is 2.46 bits per heavy atom. The molecule has 1 heterocycles.